The number of nitrogens with zero attached hydrogens (tertiary/aromatic N) is 2. The number of benzene rings is 1. The van der Waals surface area contributed by atoms with Crippen LogP contribution in [0.25, 0.3) is 11.0 Å². The van der Waals surface area contributed by atoms with E-state index in [-0.39, 0.29) is 0 Å². The van der Waals surface area contributed by atoms with Crippen molar-refractivity contribution in [1.29, 1.82) is 0 Å². The molecule has 3 rings (SSSR count). The lowest BCUT2D eigenvalue weighted by Crippen LogP contribution is -2.35. The number of anilines is 1. The van der Waals surface area contributed by atoms with Crippen LogP contribution in [0.1, 0.15) is 12.8 Å². The number of aromatic nitrogens is 2. The summed E-state index contributed by atoms with van der Waals surface area (Å²) in [5.41, 5.74) is 1.71. The molecule has 2 N–H and O–H groups in total. The Morgan fingerprint density at radius 3 is 2.50 bits per heavy atom. The number of hydrogen-bond acceptors (Lipinski definition) is 4. The summed E-state index contributed by atoms with van der Waals surface area (Å²) in [7, 11) is 0. The third kappa shape index (κ3) is 2.40. The molecule has 2 heterocycles. The summed E-state index contributed by atoms with van der Waals surface area (Å²) in [6, 6.07) is 8.19. The summed E-state index contributed by atoms with van der Waals surface area (Å²) in [6.07, 6.45) is 2.18. The monoisotopic (exact) mass is 262 g/mol. The molecule has 1 aliphatic rings. The Balaban J connectivity index is 1.88. The largest absolute Gasteiger partial charge is 0.365 e. The van der Waals surface area contributed by atoms with Gasteiger partial charge in [0.05, 0.1) is 11.0 Å². The third-order valence-electron chi connectivity index (χ3n) is 3.21. The summed E-state index contributed by atoms with van der Waals surface area (Å²) >= 11 is 6.17. The van der Waals surface area contributed by atoms with Crippen molar-refractivity contribution < 1.29 is 0 Å². The summed E-state index contributed by atoms with van der Waals surface area (Å²) in [6.45, 7) is 2.08. The van der Waals surface area contributed by atoms with Gasteiger partial charge in [0.1, 0.15) is 0 Å². The minimum atomic E-state index is 0.430. The van der Waals surface area contributed by atoms with Crippen molar-refractivity contribution in [2.24, 2.45) is 0 Å². The molecule has 1 aromatic carbocycles. The Morgan fingerprint density at radius 1 is 1.11 bits per heavy atom. The molecule has 1 fully saturated rings. The van der Waals surface area contributed by atoms with Crippen molar-refractivity contribution in [3.8, 4) is 0 Å². The van der Waals surface area contributed by atoms with Crippen LogP contribution in [0.3, 0.4) is 0 Å². The zero-order valence-corrected chi connectivity index (χ0v) is 10.7. The van der Waals surface area contributed by atoms with E-state index in [1.807, 2.05) is 24.3 Å². The predicted octanol–water partition coefficient (Wildman–Crippen LogP) is 2.45. The maximum absolute atomic E-state index is 6.17. The molecule has 0 amide bonds. The zero-order valence-electron chi connectivity index (χ0n) is 9.99. The van der Waals surface area contributed by atoms with Crippen LogP contribution in [0.4, 0.5) is 5.82 Å². The first-order chi connectivity index (χ1) is 8.83. The van der Waals surface area contributed by atoms with E-state index >= 15 is 0 Å². The Labute approximate surface area is 111 Å². The number of rotatable bonds is 2. The first kappa shape index (κ1) is 11.7. The first-order valence-electron chi connectivity index (χ1n) is 6.22. The summed E-state index contributed by atoms with van der Waals surface area (Å²) < 4.78 is 0. The molecule has 1 aromatic heterocycles. The van der Waals surface area contributed by atoms with Crippen LogP contribution in [0.2, 0.25) is 5.15 Å². The summed E-state index contributed by atoms with van der Waals surface area (Å²) in [5.74, 6) is 0.697. The highest BCUT2D eigenvalue weighted by atomic mass is 35.5. The van der Waals surface area contributed by atoms with E-state index in [9.17, 15) is 0 Å². The van der Waals surface area contributed by atoms with Gasteiger partial charge in [0.2, 0.25) is 0 Å². The minimum absolute atomic E-state index is 0.430. The Bertz CT molecular complexity index is 552. The smallest absolute Gasteiger partial charge is 0.172 e. The molecular weight excluding hydrogens is 248 g/mol. The number of para-hydroxylation sites is 2. The lowest BCUT2D eigenvalue weighted by molar-refractivity contribution is 0.478. The number of piperidine rings is 1. The topological polar surface area (TPSA) is 49.8 Å². The van der Waals surface area contributed by atoms with Crippen molar-refractivity contribution >= 4 is 28.5 Å². The fourth-order valence-electron chi connectivity index (χ4n) is 2.23. The standard InChI is InChI=1S/C13H15ClN4/c14-12-13(16-9-5-7-15-8-6-9)18-11-4-2-1-3-10(11)17-12/h1-4,9,15H,5-8H2,(H,16,18). The molecule has 0 spiro atoms. The van der Waals surface area contributed by atoms with Crippen LogP contribution >= 0.6 is 11.6 Å². The van der Waals surface area contributed by atoms with Gasteiger partial charge in [-0.05, 0) is 38.1 Å². The van der Waals surface area contributed by atoms with Crippen LogP contribution in [-0.2, 0) is 0 Å². The average molecular weight is 263 g/mol. The van der Waals surface area contributed by atoms with Crippen molar-refractivity contribution in [3.05, 3.63) is 29.4 Å². The summed E-state index contributed by atoms with van der Waals surface area (Å²) in [5, 5.41) is 7.18. The van der Waals surface area contributed by atoms with Gasteiger partial charge in [-0.1, -0.05) is 23.7 Å². The van der Waals surface area contributed by atoms with E-state index in [1.165, 1.54) is 0 Å². The van der Waals surface area contributed by atoms with E-state index in [0.717, 1.165) is 37.0 Å². The highest BCUT2D eigenvalue weighted by Crippen LogP contribution is 2.22. The minimum Gasteiger partial charge on any atom is -0.365 e. The molecule has 0 unspecified atom stereocenters. The maximum Gasteiger partial charge on any atom is 0.172 e. The van der Waals surface area contributed by atoms with E-state index in [0.29, 0.717) is 17.0 Å². The maximum atomic E-state index is 6.17. The van der Waals surface area contributed by atoms with Gasteiger partial charge < -0.3 is 10.6 Å². The number of hydrogen-bond donors (Lipinski definition) is 2. The van der Waals surface area contributed by atoms with Gasteiger partial charge in [-0.15, -0.1) is 0 Å². The molecule has 0 atom stereocenters. The molecule has 0 saturated carbocycles. The molecular formula is C13H15ClN4. The fourth-order valence-corrected chi connectivity index (χ4v) is 2.42. The fraction of sp³-hybridized carbons (Fsp3) is 0.385. The van der Waals surface area contributed by atoms with Gasteiger partial charge in [-0.3, -0.25) is 0 Å². The lowest BCUT2D eigenvalue weighted by Gasteiger charge is -2.24. The number of halogens is 1. The van der Waals surface area contributed by atoms with Crippen LogP contribution in [0, 0.1) is 0 Å². The van der Waals surface area contributed by atoms with E-state index in [4.69, 9.17) is 11.6 Å². The van der Waals surface area contributed by atoms with Crippen molar-refractivity contribution in [1.82, 2.24) is 15.3 Å². The molecule has 0 bridgehead atoms. The Morgan fingerprint density at radius 2 is 1.78 bits per heavy atom. The van der Waals surface area contributed by atoms with Crippen molar-refractivity contribution in [3.63, 3.8) is 0 Å². The molecule has 0 aliphatic carbocycles. The molecule has 18 heavy (non-hydrogen) atoms. The molecule has 0 radical (unpaired) electrons. The van der Waals surface area contributed by atoms with E-state index < -0.39 is 0 Å². The van der Waals surface area contributed by atoms with Crippen LogP contribution in [0.15, 0.2) is 24.3 Å². The second kappa shape index (κ2) is 5.08. The number of nitrogens with one attached hydrogen (secondary N) is 2. The van der Waals surface area contributed by atoms with Gasteiger partial charge in [0.25, 0.3) is 0 Å². The molecule has 4 nitrogen and oxygen atoms in total. The second-order valence-electron chi connectivity index (χ2n) is 4.52. The molecule has 1 saturated heterocycles. The first-order valence-corrected chi connectivity index (χ1v) is 6.60. The van der Waals surface area contributed by atoms with Gasteiger partial charge in [0.15, 0.2) is 11.0 Å². The van der Waals surface area contributed by atoms with Crippen LogP contribution < -0.4 is 10.6 Å². The number of fused-ring (bicyclic) bond motifs is 1. The van der Waals surface area contributed by atoms with Crippen molar-refractivity contribution in [2.75, 3.05) is 18.4 Å². The Hall–Kier alpha value is -1.39. The molecule has 1 aliphatic heterocycles. The quantitative estimate of drug-likeness (QED) is 0.873. The predicted molar refractivity (Wildman–Crippen MR) is 74.1 cm³/mol. The average Bonchev–Trinajstić information content (AvgIpc) is 2.41. The van der Waals surface area contributed by atoms with Gasteiger partial charge in [-0.25, -0.2) is 9.97 Å². The SMILES string of the molecule is Clc1nc2ccccc2nc1NC1CCNCC1. The van der Waals surface area contributed by atoms with Gasteiger partial charge >= 0.3 is 0 Å². The molecule has 94 valence electrons. The highest BCUT2D eigenvalue weighted by molar-refractivity contribution is 6.32. The van der Waals surface area contributed by atoms with E-state index in [1.54, 1.807) is 0 Å². The third-order valence-corrected chi connectivity index (χ3v) is 3.47. The zero-order chi connectivity index (χ0) is 12.4. The Kier molecular flexibility index (Phi) is 3.30. The summed E-state index contributed by atoms with van der Waals surface area (Å²) in [4.78, 5) is 8.91. The second-order valence-corrected chi connectivity index (χ2v) is 4.88. The van der Waals surface area contributed by atoms with Gasteiger partial charge in [0, 0.05) is 6.04 Å². The molecule has 5 heteroatoms. The van der Waals surface area contributed by atoms with Crippen LogP contribution in [0.5, 0.6) is 0 Å². The van der Waals surface area contributed by atoms with Gasteiger partial charge in [-0.2, -0.15) is 0 Å². The lowest BCUT2D eigenvalue weighted by atomic mass is 10.1. The molecule has 2 aromatic rings. The van der Waals surface area contributed by atoms with Crippen molar-refractivity contribution in [2.45, 2.75) is 18.9 Å². The van der Waals surface area contributed by atoms with Crippen LogP contribution in [-0.4, -0.2) is 29.1 Å². The highest BCUT2D eigenvalue weighted by Gasteiger charge is 2.15. The van der Waals surface area contributed by atoms with E-state index in [2.05, 4.69) is 20.6 Å². The normalized spacial score (nSPS) is 16.9.